The summed E-state index contributed by atoms with van der Waals surface area (Å²) in [7, 11) is -4.33. The third-order valence-corrected chi connectivity index (χ3v) is 7.66. The van der Waals surface area contributed by atoms with Crippen LogP contribution < -0.4 is 4.72 Å². The van der Waals surface area contributed by atoms with E-state index < -0.39 is 32.6 Å². The predicted octanol–water partition coefficient (Wildman–Crippen LogP) is 4.91. The van der Waals surface area contributed by atoms with Gasteiger partial charge in [-0.2, -0.15) is 4.37 Å². The fraction of sp³-hybridized carbons (Fsp3) is 0.333. The lowest BCUT2D eigenvalue weighted by Gasteiger charge is -2.40. The molecule has 1 fully saturated rings. The van der Waals surface area contributed by atoms with Crippen LogP contribution in [0.4, 0.5) is 13.9 Å². The van der Waals surface area contributed by atoms with Crippen LogP contribution in [0.2, 0.25) is 0 Å². The van der Waals surface area contributed by atoms with Crippen LogP contribution in [0.5, 0.6) is 0 Å². The summed E-state index contributed by atoms with van der Waals surface area (Å²) in [6.07, 6.45) is 4.13. The molecule has 31 heavy (non-hydrogen) atoms. The van der Waals surface area contributed by atoms with Crippen LogP contribution in [0, 0.1) is 11.6 Å². The highest BCUT2D eigenvalue weighted by molar-refractivity contribution is 7.93. The number of benzene rings is 2. The average Bonchev–Trinajstić information content (AvgIpc) is 3.27. The highest BCUT2D eigenvalue weighted by Crippen LogP contribution is 2.38. The lowest BCUT2D eigenvalue weighted by molar-refractivity contribution is 0.101. The number of halogens is 2. The van der Waals surface area contributed by atoms with Gasteiger partial charge in [0, 0.05) is 29.2 Å². The summed E-state index contributed by atoms with van der Waals surface area (Å²) in [5, 5.41) is -0.0173. The molecule has 0 aliphatic carbocycles. The molecule has 2 aromatic carbocycles. The number of nitrogens with zero attached hydrogens (tertiary/aromatic N) is 3. The molecule has 0 amide bonds. The van der Waals surface area contributed by atoms with Crippen LogP contribution in [0.15, 0.2) is 53.7 Å². The van der Waals surface area contributed by atoms with Crippen molar-refractivity contribution in [3.8, 4) is 0 Å². The lowest BCUT2D eigenvalue weighted by atomic mass is 9.92. The Bertz CT molecular complexity index is 1140. The maximum absolute atomic E-state index is 15.1. The van der Waals surface area contributed by atoms with E-state index in [0.29, 0.717) is 0 Å². The fourth-order valence-electron chi connectivity index (χ4n) is 4.09. The topological polar surface area (TPSA) is 75.2 Å². The predicted molar refractivity (Wildman–Crippen MR) is 115 cm³/mol. The maximum Gasteiger partial charge on any atom is 0.266 e. The molecule has 2 atom stereocenters. The van der Waals surface area contributed by atoms with Gasteiger partial charge in [-0.3, -0.25) is 9.62 Å². The molecule has 0 saturated carbocycles. The molecule has 0 spiro atoms. The van der Waals surface area contributed by atoms with Crippen molar-refractivity contribution in [1.82, 2.24) is 14.3 Å². The molecule has 1 N–H and O–H groups in total. The molecule has 1 aliphatic heterocycles. The smallest absolute Gasteiger partial charge is 0.266 e. The Morgan fingerprint density at radius 3 is 2.65 bits per heavy atom. The molecule has 0 bridgehead atoms. The van der Waals surface area contributed by atoms with Crippen molar-refractivity contribution >= 4 is 26.7 Å². The number of anilines is 1. The van der Waals surface area contributed by atoms with Crippen LogP contribution in [-0.2, 0) is 10.0 Å². The zero-order valence-electron chi connectivity index (χ0n) is 16.8. The molecule has 1 saturated heterocycles. The van der Waals surface area contributed by atoms with E-state index >= 15 is 4.39 Å². The number of aromatic nitrogens is 2. The van der Waals surface area contributed by atoms with Crippen molar-refractivity contribution in [3.63, 3.8) is 0 Å². The molecular weight excluding hydrogens is 442 g/mol. The molecule has 0 radical (unpaired) electrons. The van der Waals surface area contributed by atoms with Crippen LogP contribution in [-0.4, -0.2) is 29.2 Å². The molecule has 3 aromatic rings. The van der Waals surface area contributed by atoms with Crippen LogP contribution in [0.3, 0.4) is 0 Å². The second-order valence-electron chi connectivity index (χ2n) is 7.49. The highest BCUT2D eigenvalue weighted by atomic mass is 32.2. The van der Waals surface area contributed by atoms with Gasteiger partial charge in [0.2, 0.25) is 5.13 Å². The Morgan fingerprint density at radius 1 is 1.16 bits per heavy atom. The largest absolute Gasteiger partial charge is 0.290 e. The Kier molecular flexibility index (Phi) is 6.31. The molecule has 10 heteroatoms. The zero-order chi connectivity index (χ0) is 22.0. The molecule has 1 aliphatic rings. The minimum Gasteiger partial charge on any atom is -0.290 e. The minimum absolute atomic E-state index is 0.0173. The van der Waals surface area contributed by atoms with E-state index in [1.807, 2.05) is 37.3 Å². The first-order valence-electron chi connectivity index (χ1n) is 9.96. The molecule has 0 unspecified atom stereocenters. The van der Waals surface area contributed by atoms with Crippen LogP contribution in [0.1, 0.15) is 49.4 Å². The van der Waals surface area contributed by atoms with Crippen LogP contribution >= 0.6 is 11.5 Å². The third kappa shape index (κ3) is 4.60. The molecule has 1 aromatic heterocycles. The van der Waals surface area contributed by atoms with Crippen LogP contribution in [0.25, 0.3) is 0 Å². The normalized spacial score (nSPS) is 18.6. The van der Waals surface area contributed by atoms with Crippen molar-refractivity contribution in [3.05, 3.63) is 71.6 Å². The molecule has 164 valence electrons. The van der Waals surface area contributed by atoms with E-state index in [0.717, 1.165) is 55.0 Å². The van der Waals surface area contributed by atoms with Gasteiger partial charge in [0.1, 0.15) is 22.9 Å². The monoisotopic (exact) mass is 464 g/mol. The number of nitrogens with one attached hydrogen (secondary N) is 1. The Balaban J connectivity index is 1.64. The van der Waals surface area contributed by atoms with Gasteiger partial charge < -0.3 is 0 Å². The summed E-state index contributed by atoms with van der Waals surface area (Å²) >= 11 is 0.805. The molecule has 6 nitrogen and oxygen atoms in total. The second kappa shape index (κ2) is 8.97. The van der Waals surface area contributed by atoms with Crippen molar-refractivity contribution in [1.29, 1.82) is 0 Å². The second-order valence-corrected chi connectivity index (χ2v) is 9.92. The van der Waals surface area contributed by atoms with Gasteiger partial charge >= 0.3 is 0 Å². The van der Waals surface area contributed by atoms with E-state index in [-0.39, 0.29) is 16.7 Å². The SMILES string of the molecule is C[C@@H](c1cc(F)c(S(=O)(=O)Nc2ncns2)cc1F)N1CCCC[C@H]1c1ccccc1. The van der Waals surface area contributed by atoms with E-state index in [2.05, 4.69) is 19.0 Å². The minimum atomic E-state index is -4.33. The number of rotatable bonds is 6. The van der Waals surface area contributed by atoms with Crippen molar-refractivity contribution < 1.29 is 17.2 Å². The van der Waals surface area contributed by atoms with Crippen molar-refractivity contribution in [2.24, 2.45) is 0 Å². The quantitative estimate of drug-likeness (QED) is 0.561. The summed E-state index contributed by atoms with van der Waals surface area (Å²) in [5.74, 6) is -1.77. The van der Waals surface area contributed by atoms with Gasteiger partial charge in [-0.1, -0.05) is 36.8 Å². The standard InChI is InChI=1S/C21H22F2N4O2S2/c1-14(27-10-6-5-9-19(27)15-7-3-2-4-8-15)16-11-18(23)20(12-17(16)22)31(28,29)26-21-24-13-25-30-21/h2-4,7-8,11-14,19H,5-6,9-10H2,1H3,(H,24,25,26)/t14-,19-/m0/s1. The van der Waals surface area contributed by atoms with Gasteiger partial charge in [0.05, 0.1) is 0 Å². The summed E-state index contributed by atoms with van der Waals surface area (Å²) in [5.41, 5.74) is 1.27. The fourth-order valence-corrected chi connectivity index (χ4v) is 5.82. The zero-order valence-corrected chi connectivity index (χ0v) is 18.5. The highest BCUT2D eigenvalue weighted by Gasteiger charge is 2.31. The van der Waals surface area contributed by atoms with Gasteiger partial charge in [-0.15, -0.1) is 0 Å². The number of hydrogen-bond donors (Lipinski definition) is 1. The van der Waals surface area contributed by atoms with Gasteiger partial charge in [-0.25, -0.2) is 22.2 Å². The Labute approximate surface area is 184 Å². The molecule has 4 rings (SSSR count). The van der Waals surface area contributed by atoms with E-state index in [4.69, 9.17) is 0 Å². The Hall–Kier alpha value is -2.43. The first-order valence-corrected chi connectivity index (χ1v) is 12.2. The van der Waals surface area contributed by atoms with Gasteiger partial charge in [-0.05, 0) is 44.0 Å². The van der Waals surface area contributed by atoms with Crippen molar-refractivity contribution in [2.75, 3.05) is 11.3 Å². The summed E-state index contributed by atoms with van der Waals surface area (Å²) in [6.45, 7) is 2.58. The van der Waals surface area contributed by atoms with Crippen molar-refractivity contribution in [2.45, 2.75) is 43.2 Å². The number of likely N-dealkylation sites (tertiary alicyclic amines) is 1. The number of piperidine rings is 1. The molecule has 2 heterocycles. The van der Waals surface area contributed by atoms with E-state index in [9.17, 15) is 12.8 Å². The Morgan fingerprint density at radius 2 is 1.94 bits per heavy atom. The van der Waals surface area contributed by atoms with Gasteiger partial charge in [0.15, 0.2) is 0 Å². The van der Waals surface area contributed by atoms with E-state index in [1.54, 1.807) is 0 Å². The summed E-state index contributed by atoms with van der Waals surface area (Å²) < 4.78 is 60.7. The first-order chi connectivity index (χ1) is 14.9. The van der Waals surface area contributed by atoms with Gasteiger partial charge in [0.25, 0.3) is 10.0 Å². The third-order valence-electron chi connectivity index (χ3n) is 5.60. The number of hydrogen-bond acceptors (Lipinski definition) is 6. The maximum atomic E-state index is 15.1. The lowest BCUT2D eigenvalue weighted by Crippen LogP contribution is -2.36. The average molecular weight is 465 g/mol. The number of sulfonamides is 1. The summed E-state index contributed by atoms with van der Waals surface area (Å²) in [4.78, 5) is 5.12. The summed E-state index contributed by atoms with van der Waals surface area (Å²) in [6, 6.07) is 11.4. The first kappa shape index (κ1) is 21.8. The van der Waals surface area contributed by atoms with E-state index in [1.165, 1.54) is 6.33 Å². The molecular formula is C21H22F2N4O2S2.